The van der Waals surface area contributed by atoms with Crippen LogP contribution in [0.2, 0.25) is 0 Å². The van der Waals surface area contributed by atoms with Crippen molar-refractivity contribution in [2.45, 2.75) is 45.2 Å². The van der Waals surface area contributed by atoms with E-state index in [2.05, 4.69) is 17.6 Å². The Morgan fingerprint density at radius 1 is 1.46 bits per heavy atom. The summed E-state index contributed by atoms with van der Waals surface area (Å²) in [5, 5.41) is 15.7. The van der Waals surface area contributed by atoms with Gasteiger partial charge in [0.25, 0.3) is 0 Å². The summed E-state index contributed by atoms with van der Waals surface area (Å²) in [4.78, 5) is 0. The molecule has 0 saturated carbocycles. The second kappa shape index (κ2) is 3.53. The summed E-state index contributed by atoms with van der Waals surface area (Å²) in [6, 6.07) is 0. The summed E-state index contributed by atoms with van der Waals surface area (Å²) in [6.07, 6.45) is -0.882. The highest BCUT2D eigenvalue weighted by molar-refractivity contribution is 4.96. The normalized spacial score (nSPS) is 23.8. The van der Waals surface area contributed by atoms with E-state index in [-0.39, 0.29) is 11.1 Å². The molecule has 13 heavy (non-hydrogen) atoms. The van der Waals surface area contributed by atoms with E-state index < -0.39 is 6.41 Å². The zero-order valence-corrected chi connectivity index (χ0v) is 8.85. The van der Waals surface area contributed by atoms with Crippen LogP contribution in [0.1, 0.15) is 27.7 Å². The molecule has 0 aliphatic carbocycles. The number of hydrogen-bond donors (Lipinski definition) is 3. The highest BCUT2D eigenvalue weighted by Crippen LogP contribution is 2.13. The van der Waals surface area contributed by atoms with Gasteiger partial charge in [-0.3, -0.25) is 5.32 Å². The fourth-order valence-corrected chi connectivity index (χ4v) is 1.26. The van der Waals surface area contributed by atoms with Crippen LogP contribution in [0, 0.1) is 0 Å². The van der Waals surface area contributed by atoms with Gasteiger partial charge in [0.15, 0.2) is 0 Å². The maximum absolute atomic E-state index is 9.52. The predicted octanol–water partition coefficient (Wildman–Crippen LogP) is 0.0289. The molecule has 0 bridgehead atoms. The van der Waals surface area contributed by atoms with Gasteiger partial charge in [-0.15, -0.1) is 0 Å². The third-order valence-corrected chi connectivity index (χ3v) is 1.97. The molecule has 0 amide bonds. The minimum Gasteiger partial charge on any atom is -0.356 e. The van der Waals surface area contributed by atoms with E-state index in [0.29, 0.717) is 0 Å². The summed E-state index contributed by atoms with van der Waals surface area (Å²) < 4.78 is 5.33. The average molecular weight is 188 g/mol. The van der Waals surface area contributed by atoms with Crippen molar-refractivity contribution < 1.29 is 9.84 Å². The first kappa shape index (κ1) is 10.9. The largest absolute Gasteiger partial charge is 0.356 e. The third kappa shape index (κ3) is 3.60. The van der Waals surface area contributed by atoms with Crippen LogP contribution in [0.25, 0.3) is 0 Å². The van der Waals surface area contributed by atoms with Crippen molar-refractivity contribution in [3.05, 3.63) is 0 Å². The highest BCUT2D eigenvalue weighted by Gasteiger charge is 2.34. The molecule has 1 atom stereocenters. The van der Waals surface area contributed by atoms with Crippen LogP contribution in [0.15, 0.2) is 0 Å². The standard InChI is InChI=1S/C9H20N2O2/c1-8(2,3)13-7(12)11-9(4)5-10-6-9/h7,10-12H,5-6H2,1-4H3. The minimum absolute atomic E-state index is 0.0231. The van der Waals surface area contributed by atoms with Crippen LogP contribution < -0.4 is 10.6 Å². The van der Waals surface area contributed by atoms with Crippen molar-refractivity contribution in [3.63, 3.8) is 0 Å². The SMILES string of the molecule is CC1(NC(O)OC(C)(C)C)CNC1. The molecule has 1 unspecified atom stereocenters. The number of hydrogen-bond acceptors (Lipinski definition) is 4. The number of aliphatic hydroxyl groups is 1. The van der Waals surface area contributed by atoms with Gasteiger partial charge < -0.3 is 15.2 Å². The lowest BCUT2D eigenvalue weighted by atomic mass is 9.96. The van der Waals surface area contributed by atoms with Crippen LogP contribution in [0.4, 0.5) is 0 Å². The molecule has 0 aromatic rings. The molecular weight excluding hydrogens is 168 g/mol. The van der Waals surface area contributed by atoms with Gasteiger partial charge in [0.2, 0.25) is 6.41 Å². The first-order valence-corrected chi connectivity index (χ1v) is 4.65. The number of nitrogens with one attached hydrogen (secondary N) is 2. The maximum Gasteiger partial charge on any atom is 0.214 e. The molecular formula is C9H20N2O2. The zero-order chi connectivity index (χ0) is 10.1. The van der Waals surface area contributed by atoms with Crippen molar-refractivity contribution in [2.75, 3.05) is 13.1 Å². The molecule has 3 N–H and O–H groups in total. The Morgan fingerprint density at radius 3 is 2.31 bits per heavy atom. The number of aliphatic hydroxyl groups excluding tert-OH is 1. The quantitative estimate of drug-likeness (QED) is 0.547. The molecule has 4 nitrogen and oxygen atoms in total. The van der Waals surface area contributed by atoms with Crippen LogP contribution in [0.3, 0.4) is 0 Å². The minimum atomic E-state index is -0.882. The Kier molecular flexibility index (Phi) is 2.97. The second-order valence-electron chi connectivity index (χ2n) is 4.89. The van der Waals surface area contributed by atoms with E-state index in [1.807, 2.05) is 20.8 Å². The summed E-state index contributed by atoms with van der Waals surface area (Å²) in [7, 11) is 0. The zero-order valence-electron chi connectivity index (χ0n) is 8.85. The lowest BCUT2D eigenvalue weighted by molar-refractivity contribution is -0.193. The van der Waals surface area contributed by atoms with Crippen molar-refractivity contribution >= 4 is 0 Å². The fraction of sp³-hybridized carbons (Fsp3) is 1.00. The number of rotatable bonds is 3. The van der Waals surface area contributed by atoms with Crippen LogP contribution >= 0.6 is 0 Å². The average Bonchev–Trinajstić information content (AvgIpc) is 1.79. The first-order valence-electron chi connectivity index (χ1n) is 4.65. The second-order valence-corrected chi connectivity index (χ2v) is 4.89. The van der Waals surface area contributed by atoms with Crippen LogP contribution in [-0.2, 0) is 4.74 Å². The molecule has 4 heteroatoms. The van der Waals surface area contributed by atoms with E-state index in [1.165, 1.54) is 0 Å². The van der Waals surface area contributed by atoms with Crippen molar-refractivity contribution in [1.29, 1.82) is 0 Å². The summed E-state index contributed by atoms with van der Waals surface area (Å²) in [5.41, 5.74) is -0.343. The van der Waals surface area contributed by atoms with Gasteiger partial charge in [-0.25, -0.2) is 0 Å². The van der Waals surface area contributed by atoms with Crippen LogP contribution in [0.5, 0.6) is 0 Å². The predicted molar refractivity (Wildman–Crippen MR) is 51.3 cm³/mol. The highest BCUT2D eigenvalue weighted by atomic mass is 16.6. The van der Waals surface area contributed by atoms with Crippen molar-refractivity contribution in [2.24, 2.45) is 0 Å². The van der Waals surface area contributed by atoms with Crippen molar-refractivity contribution in [3.8, 4) is 0 Å². The Hall–Kier alpha value is -0.160. The van der Waals surface area contributed by atoms with Gasteiger partial charge in [-0.2, -0.15) is 0 Å². The summed E-state index contributed by atoms with van der Waals surface area (Å²) in [6.45, 7) is 9.55. The molecule has 1 aliphatic rings. The van der Waals surface area contributed by atoms with E-state index in [4.69, 9.17) is 4.74 Å². The van der Waals surface area contributed by atoms with Gasteiger partial charge in [0, 0.05) is 18.6 Å². The van der Waals surface area contributed by atoms with E-state index in [0.717, 1.165) is 13.1 Å². The third-order valence-electron chi connectivity index (χ3n) is 1.97. The van der Waals surface area contributed by atoms with Gasteiger partial charge in [-0.1, -0.05) is 0 Å². The lowest BCUT2D eigenvalue weighted by Crippen LogP contribution is -2.68. The molecule has 0 spiro atoms. The smallest absolute Gasteiger partial charge is 0.214 e. The summed E-state index contributed by atoms with van der Waals surface area (Å²) in [5.74, 6) is 0. The molecule has 78 valence electrons. The Bertz CT molecular complexity index is 173. The van der Waals surface area contributed by atoms with Gasteiger partial charge in [0.05, 0.1) is 5.60 Å². The van der Waals surface area contributed by atoms with Crippen molar-refractivity contribution in [1.82, 2.24) is 10.6 Å². The molecule has 0 aromatic carbocycles. The summed E-state index contributed by atoms with van der Waals surface area (Å²) >= 11 is 0. The lowest BCUT2D eigenvalue weighted by Gasteiger charge is -2.42. The molecule has 1 saturated heterocycles. The fourth-order valence-electron chi connectivity index (χ4n) is 1.26. The Morgan fingerprint density at radius 2 is 2.00 bits per heavy atom. The van der Waals surface area contributed by atoms with Crippen LogP contribution in [-0.4, -0.2) is 35.7 Å². The van der Waals surface area contributed by atoms with Gasteiger partial charge in [-0.05, 0) is 27.7 Å². The van der Waals surface area contributed by atoms with Gasteiger partial charge >= 0.3 is 0 Å². The van der Waals surface area contributed by atoms with E-state index in [9.17, 15) is 5.11 Å². The molecule has 0 aromatic heterocycles. The molecule has 1 fully saturated rings. The Labute approximate surface area is 79.7 Å². The maximum atomic E-state index is 9.52. The van der Waals surface area contributed by atoms with E-state index >= 15 is 0 Å². The number of ether oxygens (including phenoxy) is 1. The molecule has 1 aliphatic heterocycles. The molecule has 1 rings (SSSR count). The first-order chi connectivity index (χ1) is 5.81. The van der Waals surface area contributed by atoms with E-state index in [1.54, 1.807) is 0 Å². The topological polar surface area (TPSA) is 53.5 Å². The monoisotopic (exact) mass is 188 g/mol. The van der Waals surface area contributed by atoms with Gasteiger partial charge in [0.1, 0.15) is 0 Å². The molecule has 1 heterocycles. The molecule has 0 radical (unpaired) electrons. The Balaban J connectivity index is 2.28.